The van der Waals surface area contributed by atoms with Crippen molar-refractivity contribution in [2.45, 2.75) is 52.0 Å². The molecule has 1 saturated heterocycles. The van der Waals surface area contributed by atoms with Crippen LogP contribution < -0.4 is 10.2 Å². The van der Waals surface area contributed by atoms with E-state index in [2.05, 4.69) is 5.32 Å². The van der Waals surface area contributed by atoms with E-state index in [4.69, 9.17) is 9.47 Å². The molecule has 1 aromatic carbocycles. The van der Waals surface area contributed by atoms with Crippen LogP contribution in [0.25, 0.3) is 6.08 Å². The van der Waals surface area contributed by atoms with Gasteiger partial charge >= 0.3 is 18.0 Å². The molecule has 188 valence electrons. The number of nitrogens with one attached hydrogen (secondary N) is 1. The van der Waals surface area contributed by atoms with Crippen molar-refractivity contribution in [1.29, 1.82) is 0 Å². The Balaban J connectivity index is 1.80. The Labute approximate surface area is 204 Å². The van der Waals surface area contributed by atoms with E-state index in [1.807, 2.05) is 0 Å². The van der Waals surface area contributed by atoms with Crippen molar-refractivity contribution in [3.63, 3.8) is 0 Å². The Morgan fingerprint density at radius 3 is 2.09 bits per heavy atom. The molecule has 0 spiro atoms. The molecule has 0 unspecified atom stereocenters. The average molecular weight is 486 g/mol. The lowest BCUT2D eigenvalue weighted by atomic mass is 9.93. The summed E-state index contributed by atoms with van der Waals surface area (Å²) in [5.74, 6) is -2.30. The van der Waals surface area contributed by atoms with Crippen LogP contribution in [0.5, 0.6) is 0 Å². The van der Waals surface area contributed by atoms with Gasteiger partial charge in [0.1, 0.15) is 18.7 Å². The van der Waals surface area contributed by atoms with E-state index >= 15 is 0 Å². The molecule has 2 aliphatic rings. The molecule has 1 aliphatic heterocycles. The summed E-state index contributed by atoms with van der Waals surface area (Å²) in [6, 6.07) is 5.77. The molecule has 35 heavy (non-hydrogen) atoms. The molecule has 10 heteroatoms. The van der Waals surface area contributed by atoms with Crippen molar-refractivity contribution in [1.82, 2.24) is 10.2 Å². The Kier molecular flexibility index (Phi) is 8.99. The van der Waals surface area contributed by atoms with Crippen molar-refractivity contribution in [3.8, 4) is 0 Å². The number of rotatable bonds is 9. The van der Waals surface area contributed by atoms with Gasteiger partial charge in [-0.1, -0.05) is 31.4 Å². The molecular weight excluding hydrogens is 454 g/mol. The fourth-order valence-electron chi connectivity index (χ4n) is 4.25. The first-order valence-corrected chi connectivity index (χ1v) is 11.9. The lowest BCUT2D eigenvalue weighted by Gasteiger charge is -2.35. The van der Waals surface area contributed by atoms with Crippen LogP contribution in [0.4, 0.5) is 10.5 Å². The molecule has 4 amide bonds. The molecule has 0 atom stereocenters. The Morgan fingerprint density at radius 2 is 1.54 bits per heavy atom. The molecule has 1 saturated carbocycles. The highest BCUT2D eigenvalue weighted by molar-refractivity contribution is 6.31. The number of benzene rings is 1. The highest BCUT2D eigenvalue weighted by Gasteiger charge is 2.40. The lowest BCUT2D eigenvalue weighted by molar-refractivity contribution is -0.142. The summed E-state index contributed by atoms with van der Waals surface area (Å²) in [4.78, 5) is 64.6. The van der Waals surface area contributed by atoms with E-state index in [-0.39, 0.29) is 37.9 Å². The molecule has 2 fully saturated rings. The van der Waals surface area contributed by atoms with Crippen molar-refractivity contribution >= 4 is 41.5 Å². The van der Waals surface area contributed by atoms with Gasteiger partial charge in [0.15, 0.2) is 0 Å². The van der Waals surface area contributed by atoms with Crippen molar-refractivity contribution in [3.05, 3.63) is 35.4 Å². The number of nitrogens with zero attached hydrogens (tertiary/aromatic N) is 2. The van der Waals surface area contributed by atoms with Gasteiger partial charge in [0.2, 0.25) is 0 Å². The van der Waals surface area contributed by atoms with E-state index in [9.17, 15) is 24.0 Å². The number of esters is 2. The monoisotopic (exact) mass is 485 g/mol. The standard InChI is InChI=1S/C25H31N3O7/c1-3-34-21(29)15-27(16-22(30)35-4-2)18-12-10-17(11-13-18)14-20-23(31)26-25(33)28(24(20)32)19-8-6-5-7-9-19/h10-14,19H,3-9,15-16H2,1-2H3,(H,26,31,33)/b20-14-. The van der Waals surface area contributed by atoms with Crippen molar-refractivity contribution in [2.75, 3.05) is 31.2 Å². The third-order valence-corrected chi connectivity index (χ3v) is 5.89. The number of urea groups is 1. The van der Waals surface area contributed by atoms with Crippen LogP contribution in [0, 0.1) is 0 Å². The van der Waals surface area contributed by atoms with Gasteiger partial charge in [0.05, 0.1) is 13.2 Å². The van der Waals surface area contributed by atoms with Gasteiger partial charge in [-0.2, -0.15) is 0 Å². The number of ether oxygens (including phenoxy) is 2. The van der Waals surface area contributed by atoms with Gasteiger partial charge in [0, 0.05) is 11.7 Å². The summed E-state index contributed by atoms with van der Waals surface area (Å²) in [6.07, 6.45) is 5.83. The predicted octanol–water partition coefficient (Wildman–Crippen LogP) is 2.41. The molecule has 10 nitrogen and oxygen atoms in total. The van der Waals surface area contributed by atoms with E-state index in [0.717, 1.165) is 32.1 Å². The topological polar surface area (TPSA) is 122 Å². The number of amides is 4. The molecule has 1 aliphatic carbocycles. The second-order valence-electron chi connectivity index (χ2n) is 8.34. The zero-order chi connectivity index (χ0) is 25.4. The first-order chi connectivity index (χ1) is 16.8. The summed E-state index contributed by atoms with van der Waals surface area (Å²) >= 11 is 0. The normalized spacial score (nSPS) is 17.8. The molecule has 0 radical (unpaired) electrons. The van der Waals surface area contributed by atoms with Crippen molar-refractivity contribution in [2.24, 2.45) is 0 Å². The summed E-state index contributed by atoms with van der Waals surface area (Å²) < 4.78 is 9.99. The minimum absolute atomic E-state index is 0.113. The Morgan fingerprint density at radius 1 is 0.971 bits per heavy atom. The summed E-state index contributed by atoms with van der Waals surface area (Å²) in [7, 11) is 0. The maximum atomic E-state index is 13.1. The van der Waals surface area contributed by atoms with Crippen LogP contribution in [0.2, 0.25) is 0 Å². The number of hydrogen-bond acceptors (Lipinski definition) is 8. The van der Waals surface area contributed by atoms with Crippen LogP contribution in [-0.2, 0) is 28.7 Å². The SMILES string of the molecule is CCOC(=O)CN(CC(=O)OCC)c1ccc(/C=C2/C(=O)NC(=O)N(C3CCCCC3)C2=O)cc1. The van der Waals surface area contributed by atoms with Crippen molar-refractivity contribution < 1.29 is 33.4 Å². The number of barbiturate groups is 1. The molecule has 3 rings (SSSR count). The molecule has 1 heterocycles. The average Bonchev–Trinajstić information content (AvgIpc) is 2.82. The largest absolute Gasteiger partial charge is 0.465 e. The van der Waals surface area contributed by atoms with Crippen LogP contribution in [0.1, 0.15) is 51.5 Å². The minimum atomic E-state index is -0.734. The highest BCUT2D eigenvalue weighted by atomic mass is 16.5. The smallest absolute Gasteiger partial charge is 0.331 e. The third-order valence-electron chi connectivity index (χ3n) is 5.89. The first kappa shape index (κ1) is 25.9. The number of imide groups is 2. The van der Waals surface area contributed by atoms with Crippen LogP contribution in [0.3, 0.4) is 0 Å². The molecule has 0 bridgehead atoms. The quantitative estimate of drug-likeness (QED) is 0.321. The van der Waals surface area contributed by atoms with Gasteiger partial charge in [-0.15, -0.1) is 0 Å². The number of hydrogen-bond donors (Lipinski definition) is 1. The molecule has 1 aromatic rings. The van der Waals surface area contributed by atoms with E-state index in [0.29, 0.717) is 11.3 Å². The van der Waals surface area contributed by atoms with Gasteiger partial charge in [-0.25, -0.2) is 4.79 Å². The van der Waals surface area contributed by atoms with Gasteiger partial charge < -0.3 is 14.4 Å². The number of carbonyl (C=O) groups excluding carboxylic acids is 5. The third kappa shape index (κ3) is 6.68. The van der Waals surface area contributed by atoms with Gasteiger partial charge in [-0.05, 0) is 50.5 Å². The molecule has 0 aromatic heterocycles. The number of carbonyl (C=O) groups is 5. The van der Waals surface area contributed by atoms with E-state index in [1.165, 1.54) is 15.9 Å². The van der Waals surface area contributed by atoms with Gasteiger partial charge in [0.25, 0.3) is 11.8 Å². The fourth-order valence-corrected chi connectivity index (χ4v) is 4.25. The zero-order valence-electron chi connectivity index (χ0n) is 20.1. The number of anilines is 1. The van der Waals surface area contributed by atoms with Crippen LogP contribution in [-0.4, -0.2) is 67.0 Å². The summed E-state index contributed by atoms with van der Waals surface area (Å²) in [6.45, 7) is 3.53. The molecular formula is C25H31N3O7. The highest BCUT2D eigenvalue weighted by Crippen LogP contribution is 2.26. The lowest BCUT2D eigenvalue weighted by Crippen LogP contribution is -2.58. The first-order valence-electron chi connectivity index (χ1n) is 11.9. The minimum Gasteiger partial charge on any atom is -0.465 e. The Bertz CT molecular complexity index is 977. The predicted molar refractivity (Wildman–Crippen MR) is 127 cm³/mol. The van der Waals surface area contributed by atoms with Gasteiger partial charge in [-0.3, -0.25) is 29.4 Å². The maximum Gasteiger partial charge on any atom is 0.331 e. The van der Waals surface area contributed by atoms with E-state index in [1.54, 1.807) is 38.1 Å². The van der Waals surface area contributed by atoms with Crippen LogP contribution in [0.15, 0.2) is 29.8 Å². The summed E-state index contributed by atoms with van der Waals surface area (Å²) in [5, 5.41) is 2.27. The maximum absolute atomic E-state index is 13.1. The zero-order valence-corrected chi connectivity index (χ0v) is 20.1. The second kappa shape index (κ2) is 12.1. The van der Waals surface area contributed by atoms with E-state index < -0.39 is 29.8 Å². The van der Waals surface area contributed by atoms with Crippen LogP contribution >= 0.6 is 0 Å². The molecule has 1 N–H and O–H groups in total. The fraction of sp³-hybridized carbons (Fsp3) is 0.480. The Hall–Kier alpha value is -3.69. The second-order valence-corrected chi connectivity index (χ2v) is 8.34. The summed E-state index contributed by atoms with van der Waals surface area (Å²) in [5.41, 5.74) is 1.00.